The lowest BCUT2D eigenvalue weighted by molar-refractivity contribution is -0.119. The number of benzene rings is 2. The highest BCUT2D eigenvalue weighted by Gasteiger charge is 2.18. The standard InChI is InChI=1S/C18H20NO4S.CH5N3/c1-21-12-17(20)19-16-11-14(24-13-7-5-4-6-8-13)9-10-15(16)18(22-2)23-3;2-1(3)4/h4-11H,12H2,1-3H3,(H,19,20);(H5,2,3,4). The summed E-state index contributed by atoms with van der Waals surface area (Å²) in [6.07, 6.45) is 0.332. The number of amides is 1. The van der Waals surface area contributed by atoms with Crippen LogP contribution < -0.4 is 16.8 Å². The Bertz CT molecular complexity index is 751. The van der Waals surface area contributed by atoms with Gasteiger partial charge in [-0.15, -0.1) is 0 Å². The van der Waals surface area contributed by atoms with Gasteiger partial charge < -0.3 is 31.0 Å². The molecule has 0 aliphatic heterocycles. The number of anilines is 1. The van der Waals surface area contributed by atoms with Crippen molar-refractivity contribution in [3.05, 3.63) is 60.4 Å². The summed E-state index contributed by atoms with van der Waals surface area (Å²) in [6.45, 7) is -0.0230. The Labute approximate surface area is 169 Å². The normalized spacial score (nSPS) is 10.1. The Hall–Kier alpha value is -2.59. The van der Waals surface area contributed by atoms with E-state index in [0.717, 1.165) is 9.79 Å². The van der Waals surface area contributed by atoms with Gasteiger partial charge in [-0.2, -0.15) is 0 Å². The molecule has 6 N–H and O–H groups in total. The molecule has 0 aliphatic rings. The van der Waals surface area contributed by atoms with Crippen molar-refractivity contribution in [3.8, 4) is 0 Å². The minimum atomic E-state index is -0.333. The van der Waals surface area contributed by atoms with Crippen LogP contribution in [0.4, 0.5) is 5.69 Å². The van der Waals surface area contributed by atoms with Crippen LogP contribution >= 0.6 is 11.8 Å². The lowest BCUT2D eigenvalue weighted by Crippen LogP contribution is -2.20. The minimum absolute atomic E-state index is 0.0230. The fourth-order valence-electron chi connectivity index (χ4n) is 2.11. The predicted octanol–water partition coefficient (Wildman–Crippen LogP) is 2.39. The van der Waals surface area contributed by atoms with Crippen LogP contribution in [0.1, 0.15) is 5.56 Å². The maximum Gasteiger partial charge on any atom is 0.257 e. The zero-order chi connectivity index (χ0) is 20.9. The first-order valence-electron chi connectivity index (χ1n) is 8.11. The number of carbonyl (C=O) groups is 1. The SMILES string of the molecule is COCC(=O)Nc1cc(Sc2ccccc2)ccc1[C](OC)OC.N=C(N)N. The van der Waals surface area contributed by atoms with Crippen LogP contribution in [0, 0.1) is 11.7 Å². The summed E-state index contributed by atoms with van der Waals surface area (Å²) in [5, 5.41) is 8.88. The molecule has 0 fully saturated rings. The Morgan fingerprint density at radius 1 is 1.04 bits per heavy atom. The number of hydrogen-bond acceptors (Lipinski definition) is 6. The van der Waals surface area contributed by atoms with Gasteiger partial charge in [-0.3, -0.25) is 10.2 Å². The predicted molar refractivity (Wildman–Crippen MR) is 110 cm³/mol. The first-order chi connectivity index (χ1) is 13.4. The van der Waals surface area contributed by atoms with Crippen molar-refractivity contribution in [1.82, 2.24) is 0 Å². The van der Waals surface area contributed by atoms with E-state index >= 15 is 0 Å². The van der Waals surface area contributed by atoms with Crippen molar-refractivity contribution in [3.63, 3.8) is 0 Å². The minimum Gasteiger partial charge on any atom is -0.375 e. The molecule has 1 radical (unpaired) electrons. The lowest BCUT2D eigenvalue weighted by Gasteiger charge is -2.17. The van der Waals surface area contributed by atoms with Crippen molar-refractivity contribution in [1.29, 1.82) is 5.41 Å². The lowest BCUT2D eigenvalue weighted by atomic mass is 10.1. The van der Waals surface area contributed by atoms with Crippen molar-refractivity contribution >= 4 is 29.3 Å². The molecule has 0 spiro atoms. The number of ether oxygens (including phenoxy) is 3. The highest BCUT2D eigenvalue weighted by Crippen LogP contribution is 2.33. The third-order valence-corrected chi connectivity index (χ3v) is 4.11. The maximum absolute atomic E-state index is 11.9. The number of guanidine groups is 1. The zero-order valence-corrected chi connectivity index (χ0v) is 16.8. The number of rotatable bonds is 8. The van der Waals surface area contributed by atoms with Crippen LogP contribution in [-0.2, 0) is 19.0 Å². The Balaban J connectivity index is 0.000000892. The number of hydrogen-bond donors (Lipinski definition) is 4. The monoisotopic (exact) mass is 405 g/mol. The van der Waals surface area contributed by atoms with Gasteiger partial charge >= 0.3 is 0 Å². The van der Waals surface area contributed by atoms with E-state index in [9.17, 15) is 4.79 Å². The van der Waals surface area contributed by atoms with Crippen LogP contribution in [0.3, 0.4) is 0 Å². The van der Waals surface area contributed by atoms with Crippen LogP contribution in [0.2, 0.25) is 0 Å². The fourth-order valence-corrected chi connectivity index (χ4v) is 2.99. The van der Waals surface area contributed by atoms with Crippen molar-refractivity contribution in [2.75, 3.05) is 33.3 Å². The van der Waals surface area contributed by atoms with E-state index in [-0.39, 0.29) is 18.5 Å². The first-order valence-corrected chi connectivity index (χ1v) is 8.93. The Morgan fingerprint density at radius 2 is 1.64 bits per heavy atom. The molecule has 9 heteroatoms. The molecular formula is C19H25N4O4S. The molecule has 28 heavy (non-hydrogen) atoms. The molecule has 1 amide bonds. The fraction of sp³-hybridized carbons (Fsp3) is 0.211. The second-order valence-electron chi connectivity index (χ2n) is 5.25. The molecule has 0 unspecified atom stereocenters. The van der Waals surface area contributed by atoms with Gasteiger partial charge in [0, 0.05) is 36.7 Å². The molecule has 2 aromatic rings. The van der Waals surface area contributed by atoms with E-state index in [1.54, 1.807) is 11.8 Å². The molecule has 2 rings (SSSR count). The van der Waals surface area contributed by atoms with Crippen molar-refractivity contribution < 1.29 is 19.0 Å². The zero-order valence-electron chi connectivity index (χ0n) is 16.0. The number of carbonyl (C=O) groups excluding carboxylic acids is 1. The van der Waals surface area contributed by atoms with Gasteiger partial charge in [0.05, 0.1) is 5.69 Å². The van der Waals surface area contributed by atoms with Gasteiger partial charge in [0.15, 0.2) is 5.96 Å². The quantitative estimate of drug-likeness (QED) is 0.391. The van der Waals surface area contributed by atoms with Crippen LogP contribution in [0.15, 0.2) is 58.3 Å². The smallest absolute Gasteiger partial charge is 0.257 e. The molecule has 0 heterocycles. The number of nitrogens with two attached hydrogens (primary N) is 2. The summed E-state index contributed by atoms with van der Waals surface area (Å²) in [4.78, 5) is 14.0. The molecule has 0 aromatic heterocycles. The summed E-state index contributed by atoms with van der Waals surface area (Å²) < 4.78 is 15.3. The molecule has 0 bridgehead atoms. The number of methoxy groups -OCH3 is 3. The van der Waals surface area contributed by atoms with E-state index in [4.69, 9.17) is 19.6 Å². The third kappa shape index (κ3) is 8.40. The van der Waals surface area contributed by atoms with Crippen molar-refractivity contribution in [2.45, 2.75) is 9.79 Å². The van der Waals surface area contributed by atoms with Gasteiger partial charge in [0.2, 0.25) is 5.91 Å². The van der Waals surface area contributed by atoms with Crippen LogP contribution in [0.5, 0.6) is 0 Å². The highest BCUT2D eigenvalue weighted by atomic mass is 32.2. The van der Waals surface area contributed by atoms with Gasteiger partial charge in [-0.05, 0) is 24.3 Å². The van der Waals surface area contributed by atoms with Gasteiger partial charge in [0.1, 0.15) is 6.61 Å². The topological polar surface area (TPSA) is 133 Å². The molecular weight excluding hydrogens is 380 g/mol. The Kier molecular flexibility index (Phi) is 10.7. The maximum atomic E-state index is 11.9. The summed E-state index contributed by atoms with van der Waals surface area (Å²) in [5.74, 6) is -0.577. The van der Waals surface area contributed by atoms with Crippen LogP contribution in [-0.4, -0.2) is 39.8 Å². The van der Waals surface area contributed by atoms with Crippen LogP contribution in [0.25, 0.3) is 0 Å². The van der Waals surface area contributed by atoms with E-state index in [0.29, 0.717) is 17.5 Å². The van der Waals surface area contributed by atoms with Crippen molar-refractivity contribution in [2.24, 2.45) is 11.5 Å². The summed E-state index contributed by atoms with van der Waals surface area (Å²) >= 11 is 1.60. The first kappa shape index (κ1) is 23.4. The number of nitrogens with one attached hydrogen (secondary N) is 2. The third-order valence-electron chi connectivity index (χ3n) is 3.11. The van der Waals surface area contributed by atoms with Gasteiger partial charge in [0.25, 0.3) is 6.29 Å². The summed E-state index contributed by atoms with van der Waals surface area (Å²) in [6, 6.07) is 15.7. The largest absolute Gasteiger partial charge is 0.375 e. The average molecular weight is 406 g/mol. The van der Waals surface area contributed by atoms with Gasteiger partial charge in [-0.25, -0.2) is 0 Å². The highest BCUT2D eigenvalue weighted by molar-refractivity contribution is 7.99. The second kappa shape index (κ2) is 12.7. The molecule has 0 aliphatic carbocycles. The molecule has 0 saturated carbocycles. The second-order valence-corrected chi connectivity index (χ2v) is 6.40. The molecule has 2 aromatic carbocycles. The molecule has 151 valence electrons. The summed E-state index contributed by atoms with van der Waals surface area (Å²) in [7, 11) is 4.52. The average Bonchev–Trinajstić information content (AvgIpc) is 2.65. The van der Waals surface area contributed by atoms with E-state index < -0.39 is 0 Å². The van der Waals surface area contributed by atoms with E-state index in [1.807, 2.05) is 48.5 Å². The summed E-state index contributed by atoms with van der Waals surface area (Å²) in [5.41, 5.74) is 10.2. The molecule has 0 saturated heterocycles. The van der Waals surface area contributed by atoms with E-state index in [1.165, 1.54) is 21.3 Å². The molecule has 0 atom stereocenters. The molecule has 8 nitrogen and oxygen atoms in total. The Morgan fingerprint density at radius 3 is 2.18 bits per heavy atom. The van der Waals surface area contributed by atoms with E-state index in [2.05, 4.69) is 16.8 Å². The van der Waals surface area contributed by atoms with Gasteiger partial charge in [-0.1, -0.05) is 36.0 Å².